The van der Waals surface area contributed by atoms with Crippen molar-refractivity contribution in [3.05, 3.63) is 35.9 Å². The first-order valence-corrected chi connectivity index (χ1v) is 8.84. The minimum absolute atomic E-state index is 0. The van der Waals surface area contributed by atoms with Gasteiger partial charge in [0, 0.05) is 18.3 Å². The van der Waals surface area contributed by atoms with Crippen molar-refractivity contribution in [1.29, 1.82) is 0 Å². The molecule has 1 aliphatic carbocycles. The molecule has 1 saturated carbocycles. The molecule has 3 atom stereocenters. The number of thioether (sulfide) groups is 1. The highest BCUT2D eigenvalue weighted by Gasteiger charge is 2.31. The summed E-state index contributed by atoms with van der Waals surface area (Å²) in [5.74, 6) is 1.23. The smallest absolute Gasteiger partial charge is 0.239 e. The van der Waals surface area contributed by atoms with Crippen molar-refractivity contribution >= 4 is 30.1 Å². The molecule has 0 saturated heterocycles. The largest absolute Gasteiger partial charge is 0.341 e. The van der Waals surface area contributed by atoms with Gasteiger partial charge in [0.05, 0.1) is 6.04 Å². The normalized spacial score (nSPS) is 22.0. The highest BCUT2D eigenvalue weighted by molar-refractivity contribution is 7.99. The fraction of sp³-hybridized carbons (Fsp3) is 0.588. The Labute approximate surface area is 144 Å². The van der Waals surface area contributed by atoms with Crippen molar-refractivity contribution in [3.63, 3.8) is 0 Å². The number of hydrogen-bond donors (Lipinski definition) is 1. The first kappa shape index (κ1) is 19.3. The fourth-order valence-corrected chi connectivity index (χ4v) is 4.19. The lowest BCUT2D eigenvalue weighted by Crippen LogP contribution is -2.46. The van der Waals surface area contributed by atoms with E-state index in [1.165, 1.54) is 6.42 Å². The predicted octanol–water partition coefficient (Wildman–Crippen LogP) is 3.11. The second-order valence-corrected chi connectivity index (χ2v) is 7.37. The van der Waals surface area contributed by atoms with E-state index in [9.17, 15) is 4.79 Å². The number of likely N-dealkylation sites (N-methyl/N-ethyl adjacent to an activating group) is 1. The molecule has 0 radical (unpaired) electrons. The number of benzene rings is 1. The Morgan fingerprint density at radius 3 is 2.68 bits per heavy atom. The zero-order chi connectivity index (χ0) is 15.2. The van der Waals surface area contributed by atoms with E-state index in [2.05, 4.69) is 6.92 Å². The Balaban J connectivity index is 0.00000242. The summed E-state index contributed by atoms with van der Waals surface area (Å²) in [5.41, 5.74) is 7.24. The number of halogens is 1. The van der Waals surface area contributed by atoms with Crippen molar-refractivity contribution in [1.82, 2.24) is 4.90 Å². The first-order valence-electron chi connectivity index (χ1n) is 7.79. The predicted molar refractivity (Wildman–Crippen MR) is 97.7 cm³/mol. The molecular formula is C17H27ClN2OS. The van der Waals surface area contributed by atoms with Gasteiger partial charge in [-0.15, -0.1) is 12.4 Å². The minimum atomic E-state index is -0.435. The molecule has 0 bridgehead atoms. The van der Waals surface area contributed by atoms with E-state index in [1.54, 1.807) is 0 Å². The molecule has 1 amide bonds. The van der Waals surface area contributed by atoms with Gasteiger partial charge in [0.2, 0.25) is 5.91 Å². The second-order valence-electron chi connectivity index (χ2n) is 5.79. The molecule has 2 N–H and O–H groups in total. The van der Waals surface area contributed by atoms with Gasteiger partial charge in [0.25, 0.3) is 0 Å². The van der Waals surface area contributed by atoms with E-state index in [0.717, 1.165) is 24.2 Å². The van der Waals surface area contributed by atoms with Crippen LogP contribution < -0.4 is 5.73 Å². The lowest BCUT2D eigenvalue weighted by atomic mass is 10.0. The topological polar surface area (TPSA) is 46.3 Å². The number of rotatable bonds is 6. The molecule has 3 unspecified atom stereocenters. The molecule has 2 rings (SSSR count). The number of nitrogens with zero attached hydrogens (tertiary/aromatic N) is 1. The van der Waals surface area contributed by atoms with Crippen molar-refractivity contribution < 1.29 is 4.79 Å². The summed E-state index contributed by atoms with van der Waals surface area (Å²) in [5, 5.41) is 0.709. The summed E-state index contributed by atoms with van der Waals surface area (Å²) >= 11 is 2.01. The number of nitrogens with two attached hydrogens (primary N) is 1. The SMILES string of the molecule is CCSC1CCC(N(C)C(=O)C(N)Cc2ccccc2)C1.Cl. The van der Waals surface area contributed by atoms with Gasteiger partial charge in [-0.3, -0.25) is 4.79 Å². The van der Waals surface area contributed by atoms with Crippen LogP contribution in [0.5, 0.6) is 0 Å². The molecule has 1 fully saturated rings. The second kappa shape index (κ2) is 9.43. The zero-order valence-corrected chi connectivity index (χ0v) is 15.0. The molecule has 5 heteroatoms. The first-order chi connectivity index (χ1) is 10.1. The quantitative estimate of drug-likeness (QED) is 0.864. The summed E-state index contributed by atoms with van der Waals surface area (Å²) in [6.07, 6.45) is 4.05. The van der Waals surface area contributed by atoms with Crippen LogP contribution in [-0.4, -0.2) is 40.9 Å². The van der Waals surface area contributed by atoms with Crippen LogP contribution in [0.4, 0.5) is 0 Å². The van der Waals surface area contributed by atoms with Crippen molar-refractivity contribution in [2.24, 2.45) is 5.73 Å². The maximum Gasteiger partial charge on any atom is 0.239 e. The van der Waals surface area contributed by atoms with E-state index in [1.807, 2.05) is 54.0 Å². The van der Waals surface area contributed by atoms with E-state index in [4.69, 9.17) is 5.73 Å². The van der Waals surface area contributed by atoms with E-state index in [0.29, 0.717) is 17.7 Å². The van der Waals surface area contributed by atoms with Gasteiger partial charge in [0.15, 0.2) is 0 Å². The maximum absolute atomic E-state index is 12.5. The molecule has 124 valence electrons. The van der Waals surface area contributed by atoms with Crippen molar-refractivity contribution in [2.45, 2.75) is 49.9 Å². The number of amides is 1. The van der Waals surface area contributed by atoms with Gasteiger partial charge in [0.1, 0.15) is 0 Å². The molecule has 3 nitrogen and oxygen atoms in total. The third-order valence-electron chi connectivity index (χ3n) is 4.27. The fourth-order valence-electron chi connectivity index (χ4n) is 3.05. The monoisotopic (exact) mass is 342 g/mol. The number of carbonyl (C=O) groups excluding carboxylic acids is 1. The van der Waals surface area contributed by atoms with Gasteiger partial charge in [-0.25, -0.2) is 0 Å². The highest BCUT2D eigenvalue weighted by atomic mass is 35.5. The van der Waals surface area contributed by atoms with Gasteiger partial charge in [-0.05, 0) is 37.0 Å². The van der Waals surface area contributed by atoms with E-state index in [-0.39, 0.29) is 18.3 Å². The van der Waals surface area contributed by atoms with E-state index < -0.39 is 6.04 Å². The average molecular weight is 343 g/mol. The van der Waals surface area contributed by atoms with Crippen LogP contribution in [-0.2, 0) is 11.2 Å². The molecule has 0 aliphatic heterocycles. The Morgan fingerprint density at radius 2 is 2.05 bits per heavy atom. The van der Waals surface area contributed by atoms with Crippen LogP contribution in [0.3, 0.4) is 0 Å². The Bertz CT molecular complexity index is 457. The molecule has 0 heterocycles. The molecule has 1 aromatic rings. The Morgan fingerprint density at radius 1 is 1.36 bits per heavy atom. The maximum atomic E-state index is 12.5. The highest BCUT2D eigenvalue weighted by Crippen LogP contribution is 2.32. The van der Waals surface area contributed by atoms with Gasteiger partial charge in [-0.1, -0.05) is 37.3 Å². The standard InChI is InChI=1S/C17H26N2OS.ClH/c1-3-21-15-10-9-14(12-15)19(2)17(20)16(18)11-13-7-5-4-6-8-13;/h4-8,14-16H,3,9-12,18H2,1-2H3;1H. The van der Waals surface area contributed by atoms with Crippen molar-refractivity contribution in [2.75, 3.05) is 12.8 Å². The summed E-state index contributed by atoms with van der Waals surface area (Å²) in [4.78, 5) is 14.4. The lowest BCUT2D eigenvalue weighted by molar-refractivity contribution is -0.133. The molecule has 1 aromatic carbocycles. The summed E-state index contributed by atoms with van der Waals surface area (Å²) in [7, 11) is 1.91. The summed E-state index contributed by atoms with van der Waals surface area (Å²) in [6, 6.07) is 9.93. The van der Waals surface area contributed by atoms with Crippen LogP contribution in [0.15, 0.2) is 30.3 Å². The van der Waals surface area contributed by atoms with Gasteiger partial charge in [-0.2, -0.15) is 11.8 Å². The number of hydrogen-bond acceptors (Lipinski definition) is 3. The summed E-state index contributed by atoms with van der Waals surface area (Å²) < 4.78 is 0. The zero-order valence-electron chi connectivity index (χ0n) is 13.4. The third kappa shape index (κ3) is 5.18. The molecule has 0 spiro atoms. The van der Waals surface area contributed by atoms with Crippen LogP contribution in [0.2, 0.25) is 0 Å². The summed E-state index contributed by atoms with van der Waals surface area (Å²) in [6.45, 7) is 2.20. The number of carbonyl (C=O) groups is 1. The molecule has 0 aromatic heterocycles. The average Bonchev–Trinajstić information content (AvgIpc) is 2.95. The Hall–Kier alpha value is -0.710. The van der Waals surface area contributed by atoms with E-state index >= 15 is 0 Å². The van der Waals surface area contributed by atoms with Crippen LogP contribution >= 0.6 is 24.2 Å². The van der Waals surface area contributed by atoms with Crippen LogP contribution in [0.25, 0.3) is 0 Å². The third-order valence-corrected chi connectivity index (χ3v) is 5.50. The van der Waals surface area contributed by atoms with Gasteiger partial charge >= 0.3 is 0 Å². The minimum Gasteiger partial charge on any atom is -0.341 e. The van der Waals surface area contributed by atoms with Crippen LogP contribution in [0, 0.1) is 0 Å². The lowest BCUT2D eigenvalue weighted by Gasteiger charge is -2.27. The van der Waals surface area contributed by atoms with Gasteiger partial charge < -0.3 is 10.6 Å². The van der Waals surface area contributed by atoms with Crippen molar-refractivity contribution in [3.8, 4) is 0 Å². The Kier molecular flexibility index (Phi) is 8.29. The van der Waals surface area contributed by atoms with Crippen LogP contribution in [0.1, 0.15) is 31.7 Å². The molecule has 22 heavy (non-hydrogen) atoms. The molecule has 1 aliphatic rings. The molecular weight excluding hydrogens is 316 g/mol.